The normalized spacial score (nSPS) is 11.6. The van der Waals surface area contributed by atoms with Gasteiger partial charge in [-0.2, -0.15) is 0 Å². The Morgan fingerprint density at radius 1 is 0.750 bits per heavy atom. The third-order valence-electron chi connectivity index (χ3n) is 7.00. The molecule has 0 aliphatic heterocycles. The minimum Gasteiger partial charge on any atom is -0.478 e. The van der Waals surface area contributed by atoms with Gasteiger partial charge in [0.05, 0.1) is 12.2 Å². The van der Waals surface area contributed by atoms with Gasteiger partial charge in [-0.05, 0) is 35.4 Å². The molecule has 0 heterocycles. The fourth-order valence-corrected chi connectivity index (χ4v) is 4.71. The first-order valence-corrected chi connectivity index (χ1v) is 14.8. The molecule has 0 bridgehead atoms. The summed E-state index contributed by atoms with van der Waals surface area (Å²) in [5.74, 6) is -1.08. The minimum atomic E-state index is -0.912. The van der Waals surface area contributed by atoms with E-state index in [1.165, 1.54) is 89.9 Å². The first-order valence-electron chi connectivity index (χ1n) is 14.8. The largest absolute Gasteiger partial charge is 0.478 e. The summed E-state index contributed by atoms with van der Waals surface area (Å²) in [7, 11) is 0. The van der Waals surface area contributed by atoms with Crippen molar-refractivity contribution in [2.24, 2.45) is 0 Å². The highest BCUT2D eigenvalue weighted by molar-refractivity contribution is 5.90. The molecule has 0 radical (unpaired) electrons. The Balaban J connectivity index is 2.01. The summed E-state index contributed by atoms with van der Waals surface area (Å²) in [5.41, 5.74) is 1.84. The number of rotatable bonds is 21. The maximum absolute atomic E-state index is 12.1. The summed E-state index contributed by atoms with van der Waals surface area (Å²) in [6.45, 7) is 8.79. The molecule has 4 nitrogen and oxygen atoms in total. The molecular weight excluding hydrogens is 448 g/mol. The van der Waals surface area contributed by atoms with E-state index in [1.807, 2.05) is 32.9 Å². The molecule has 0 aliphatic rings. The zero-order valence-electron chi connectivity index (χ0n) is 23.8. The lowest BCUT2D eigenvalue weighted by Crippen LogP contribution is -2.17. The van der Waals surface area contributed by atoms with E-state index in [4.69, 9.17) is 4.74 Å². The van der Waals surface area contributed by atoms with Crippen molar-refractivity contribution in [3.63, 3.8) is 0 Å². The number of unbranched alkanes of at least 4 members (excludes halogenated alkanes) is 15. The number of carboxylic acid groups (broad SMARTS) is 1. The molecule has 1 N–H and O–H groups in total. The molecule has 4 heteroatoms. The second kappa shape index (κ2) is 19.3. The molecule has 0 atom stereocenters. The summed E-state index contributed by atoms with van der Waals surface area (Å²) >= 11 is 0. The molecule has 1 aromatic carbocycles. The topological polar surface area (TPSA) is 63.6 Å². The van der Waals surface area contributed by atoms with E-state index in [0.717, 1.165) is 24.0 Å². The van der Waals surface area contributed by atoms with Crippen LogP contribution in [0.5, 0.6) is 0 Å². The van der Waals surface area contributed by atoms with Crippen molar-refractivity contribution in [2.45, 2.75) is 149 Å². The molecule has 0 unspecified atom stereocenters. The van der Waals surface area contributed by atoms with Crippen molar-refractivity contribution in [2.75, 3.05) is 6.61 Å². The molecule has 0 saturated carbocycles. The molecule has 206 valence electrons. The highest BCUT2D eigenvalue weighted by atomic mass is 16.5. The van der Waals surface area contributed by atoms with Gasteiger partial charge in [-0.15, -0.1) is 0 Å². The van der Waals surface area contributed by atoms with Gasteiger partial charge < -0.3 is 9.84 Å². The molecule has 1 aromatic rings. The van der Waals surface area contributed by atoms with Gasteiger partial charge in [0, 0.05) is 6.42 Å². The Morgan fingerprint density at radius 3 is 1.67 bits per heavy atom. The second-order valence-electron chi connectivity index (χ2n) is 11.5. The SMILES string of the molecule is CCCCCCCCCCCCCCCCCCOC(=O)CCc1ccc(C(=O)O)c(C(C)(C)C)c1. The molecular formula is C32H54O4. The minimum absolute atomic E-state index is 0.171. The van der Waals surface area contributed by atoms with Gasteiger partial charge in [0.15, 0.2) is 0 Å². The van der Waals surface area contributed by atoms with E-state index in [-0.39, 0.29) is 11.4 Å². The average molecular weight is 503 g/mol. The Morgan fingerprint density at radius 2 is 1.22 bits per heavy atom. The zero-order valence-corrected chi connectivity index (χ0v) is 23.8. The van der Waals surface area contributed by atoms with Crippen molar-refractivity contribution in [3.05, 3.63) is 34.9 Å². The van der Waals surface area contributed by atoms with Crippen molar-refractivity contribution in [1.82, 2.24) is 0 Å². The van der Waals surface area contributed by atoms with Crippen molar-refractivity contribution in [3.8, 4) is 0 Å². The quantitative estimate of drug-likeness (QED) is 0.134. The molecule has 0 amide bonds. The molecule has 0 fully saturated rings. The first kappa shape index (κ1) is 32.2. The van der Waals surface area contributed by atoms with Gasteiger partial charge in [-0.3, -0.25) is 4.79 Å². The zero-order chi connectivity index (χ0) is 26.7. The maximum Gasteiger partial charge on any atom is 0.335 e. The van der Waals surface area contributed by atoms with E-state index in [1.54, 1.807) is 6.07 Å². The predicted molar refractivity (Wildman–Crippen MR) is 151 cm³/mol. The van der Waals surface area contributed by atoms with Gasteiger partial charge in [0.1, 0.15) is 0 Å². The number of hydrogen-bond acceptors (Lipinski definition) is 3. The monoisotopic (exact) mass is 502 g/mol. The second-order valence-corrected chi connectivity index (χ2v) is 11.5. The smallest absolute Gasteiger partial charge is 0.335 e. The number of aryl methyl sites for hydroxylation is 1. The van der Waals surface area contributed by atoms with Crippen LogP contribution in [0, 0.1) is 0 Å². The lowest BCUT2D eigenvalue weighted by molar-refractivity contribution is -0.143. The van der Waals surface area contributed by atoms with Crippen LogP contribution in [-0.2, 0) is 21.4 Å². The molecule has 0 aliphatic carbocycles. The highest BCUT2D eigenvalue weighted by Gasteiger charge is 2.22. The van der Waals surface area contributed by atoms with Crippen molar-refractivity contribution >= 4 is 11.9 Å². The van der Waals surface area contributed by atoms with Gasteiger partial charge in [0.25, 0.3) is 0 Å². The van der Waals surface area contributed by atoms with Crippen LogP contribution in [0.3, 0.4) is 0 Å². The van der Waals surface area contributed by atoms with E-state index in [2.05, 4.69) is 6.92 Å². The standard InChI is InChI=1S/C32H54O4/c1-5-6-7-8-9-10-11-12-13-14-15-16-17-18-19-20-25-36-30(33)24-22-27-21-23-28(31(34)35)29(26-27)32(2,3)4/h21,23,26H,5-20,22,24-25H2,1-4H3,(H,34,35). The van der Waals surface area contributed by atoms with Crippen LogP contribution in [0.4, 0.5) is 0 Å². The van der Waals surface area contributed by atoms with Crippen LogP contribution in [-0.4, -0.2) is 23.7 Å². The van der Waals surface area contributed by atoms with E-state index in [9.17, 15) is 14.7 Å². The average Bonchev–Trinajstić information content (AvgIpc) is 2.83. The van der Waals surface area contributed by atoms with Crippen molar-refractivity contribution < 1.29 is 19.4 Å². The van der Waals surface area contributed by atoms with E-state index >= 15 is 0 Å². The Kier molecular flexibility index (Phi) is 17.3. The number of ether oxygens (including phenoxy) is 1. The molecule has 0 spiro atoms. The third kappa shape index (κ3) is 15.3. The first-order chi connectivity index (χ1) is 17.3. The Labute approximate surface area is 221 Å². The number of carbonyl (C=O) groups is 2. The summed E-state index contributed by atoms with van der Waals surface area (Å²) in [5, 5.41) is 9.44. The van der Waals surface area contributed by atoms with Gasteiger partial charge in [0.2, 0.25) is 0 Å². The fraction of sp³-hybridized carbons (Fsp3) is 0.750. The van der Waals surface area contributed by atoms with E-state index in [0.29, 0.717) is 25.0 Å². The number of aromatic carboxylic acids is 1. The molecule has 0 saturated heterocycles. The van der Waals surface area contributed by atoms with Crippen LogP contribution in [0.25, 0.3) is 0 Å². The van der Waals surface area contributed by atoms with Crippen LogP contribution < -0.4 is 0 Å². The van der Waals surface area contributed by atoms with Gasteiger partial charge in [-0.1, -0.05) is 136 Å². The molecule has 1 rings (SSSR count). The summed E-state index contributed by atoms with van der Waals surface area (Å²) < 4.78 is 5.41. The van der Waals surface area contributed by atoms with Crippen LogP contribution in [0.1, 0.15) is 158 Å². The van der Waals surface area contributed by atoms with Crippen LogP contribution in [0.2, 0.25) is 0 Å². The van der Waals surface area contributed by atoms with Crippen molar-refractivity contribution in [1.29, 1.82) is 0 Å². The summed E-state index contributed by atoms with van der Waals surface area (Å²) in [4.78, 5) is 23.6. The van der Waals surface area contributed by atoms with E-state index < -0.39 is 5.97 Å². The summed E-state index contributed by atoms with van der Waals surface area (Å²) in [6, 6.07) is 5.38. The number of esters is 1. The number of hydrogen-bond donors (Lipinski definition) is 1. The van der Waals surface area contributed by atoms with Gasteiger partial charge in [-0.25, -0.2) is 4.79 Å². The summed E-state index contributed by atoms with van der Waals surface area (Å²) in [6.07, 6.45) is 22.2. The number of benzene rings is 1. The number of carboxylic acids is 1. The highest BCUT2D eigenvalue weighted by Crippen LogP contribution is 2.27. The maximum atomic E-state index is 12.1. The number of carbonyl (C=O) groups excluding carboxylic acids is 1. The lowest BCUT2D eigenvalue weighted by Gasteiger charge is -2.22. The van der Waals surface area contributed by atoms with Crippen LogP contribution in [0.15, 0.2) is 18.2 Å². The molecule has 36 heavy (non-hydrogen) atoms. The van der Waals surface area contributed by atoms with Gasteiger partial charge >= 0.3 is 11.9 Å². The third-order valence-corrected chi connectivity index (χ3v) is 7.00. The molecule has 0 aromatic heterocycles. The fourth-order valence-electron chi connectivity index (χ4n) is 4.71. The lowest BCUT2D eigenvalue weighted by atomic mass is 9.82. The predicted octanol–water partition coefficient (Wildman–Crippen LogP) is 9.42. The Hall–Kier alpha value is -1.84. The van der Waals surface area contributed by atoms with Crippen LogP contribution >= 0.6 is 0 Å². The Bertz CT molecular complexity index is 732.